The Morgan fingerprint density at radius 3 is 2.56 bits per heavy atom. The van der Waals surface area contributed by atoms with Gasteiger partial charge in [0.25, 0.3) is 0 Å². The van der Waals surface area contributed by atoms with Crippen LogP contribution in [0.5, 0.6) is 0 Å². The number of halogens is 2. The minimum Gasteiger partial charge on any atom is -0.328 e. The van der Waals surface area contributed by atoms with Gasteiger partial charge in [-0.1, -0.05) is 23.7 Å². The molecule has 0 spiro atoms. The van der Waals surface area contributed by atoms with E-state index in [1.54, 1.807) is 6.07 Å². The Labute approximate surface area is 101 Å². The molecule has 0 aromatic heterocycles. The van der Waals surface area contributed by atoms with Crippen molar-refractivity contribution in [2.45, 2.75) is 44.3 Å². The molecule has 0 amide bonds. The molecule has 0 atom stereocenters. The van der Waals surface area contributed by atoms with Crippen molar-refractivity contribution in [3.05, 3.63) is 34.3 Å². The van der Waals surface area contributed by atoms with Gasteiger partial charge < -0.3 is 5.73 Å². The first-order valence-corrected chi connectivity index (χ1v) is 6.10. The fourth-order valence-corrected chi connectivity index (χ4v) is 2.44. The van der Waals surface area contributed by atoms with Crippen LogP contribution in [0.2, 0.25) is 5.02 Å². The van der Waals surface area contributed by atoms with Gasteiger partial charge in [0.15, 0.2) is 0 Å². The molecule has 1 aromatic rings. The highest BCUT2D eigenvalue weighted by atomic mass is 35.5. The molecule has 3 heteroatoms. The van der Waals surface area contributed by atoms with Crippen LogP contribution in [0.4, 0.5) is 4.39 Å². The first kappa shape index (κ1) is 11.9. The average molecular weight is 242 g/mol. The van der Waals surface area contributed by atoms with Crippen LogP contribution in [0.3, 0.4) is 0 Å². The highest BCUT2D eigenvalue weighted by Gasteiger charge is 2.36. The zero-order valence-corrected chi connectivity index (χ0v) is 10.2. The van der Waals surface area contributed by atoms with Crippen molar-refractivity contribution in [3.8, 4) is 0 Å². The van der Waals surface area contributed by atoms with Crippen molar-refractivity contribution in [1.82, 2.24) is 0 Å². The van der Waals surface area contributed by atoms with E-state index < -0.39 is 5.67 Å². The second kappa shape index (κ2) is 4.34. The molecule has 88 valence electrons. The van der Waals surface area contributed by atoms with Crippen LogP contribution >= 0.6 is 11.6 Å². The van der Waals surface area contributed by atoms with E-state index in [2.05, 4.69) is 0 Å². The number of hydrogen-bond donors (Lipinski definition) is 1. The van der Waals surface area contributed by atoms with Gasteiger partial charge in [-0.05, 0) is 49.8 Å². The summed E-state index contributed by atoms with van der Waals surface area (Å²) in [5.41, 5.74) is 6.26. The summed E-state index contributed by atoms with van der Waals surface area (Å²) in [5.74, 6) is 0. The minimum atomic E-state index is -1.23. The lowest BCUT2D eigenvalue weighted by Crippen LogP contribution is -2.33. The van der Waals surface area contributed by atoms with Gasteiger partial charge in [0.2, 0.25) is 0 Å². The molecule has 16 heavy (non-hydrogen) atoms. The summed E-state index contributed by atoms with van der Waals surface area (Å²) < 4.78 is 14.7. The summed E-state index contributed by atoms with van der Waals surface area (Å²) in [7, 11) is 0. The Morgan fingerprint density at radius 1 is 1.38 bits per heavy atom. The lowest BCUT2D eigenvalue weighted by atomic mass is 9.79. The maximum Gasteiger partial charge on any atom is 0.136 e. The first-order valence-electron chi connectivity index (χ1n) is 5.72. The molecule has 0 unspecified atom stereocenters. The topological polar surface area (TPSA) is 26.0 Å². The summed E-state index contributed by atoms with van der Waals surface area (Å²) in [6, 6.07) is 5.64. The molecule has 1 aliphatic carbocycles. The van der Waals surface area contributed by atoms with Crippen LogP contribution in [0, 0.1) is 6.92 Å². The van der Waals surface area contributed by atoms with Gasteiger partial charge in [0, 0.05) is 11.1 Å². The molecular weight excluding hydrogens is 225 g/mol. The minimum absolute atomic E-state index is 0.157. The third-order valence-electron chi connectivity index (χ3n) is 3.51. The van der Waals surface area contributed by atoms with Crippen molar-refractivity contribution in [2.75, 3.05) is 0 Å². The quantitative estimate of drug-likeness (QED) is 0.797. The molecule has 0 heterocycles. The monoisotopic (exact) mass is 241 g/mol. The normalized spacial score (nSPS) is 30.4. The summed E-state index contributed by atoms with van der Waals surface area (Å²) in [6.07, 6.45) is 2.52. The van der Waals surface area contributed by atoms with E-state index in [1.165, 1.54) is 0 Å². The summed E-state index contributed by atoms with van der Waals surface area (Å²) in [6.45, 7) is 1.92. The van der Waals surface area contributed by atoms with Crippen molar-refractivity contribution in [2.24, 2.45) is 5.73 Å². The van der Waals surface area contributed by atoms with Crippen LogP contribution in [0.1, 0.15) is 36.8 Å². The standard InChI is InChI=1S/C13H17ClFN/c1-9-2-3-10(8-12(9)14)13(15)6-4-11(16)5-7-13/h2-3,8,11H,4-7,16H2,1H3. The van der Waals surface area contributed by atoms with Gasteiger partial charge in [0.1, 0.15) is 5.67 Å². The molecule has 1 nitrogen and oxygen atoms in total. The lowest BCUT2D eigenvalue weighted by molar-refractivity contribution is 0.0979. The lowest BCUT2D eigenvalue weighted by Gasteiger charge is -2.33. The van der Waals surface area contributed by atoms with Crippen LogP contribution < -0.4 is 5.73 Å². The van der Waals surface area contributed by atoms with Crippen molar-refractivity contribution >= 4 is 11.6 Å². The second-order valence-electron chi connectivity index (χ2n) is 4.77. The number of rotatable bonds is 1. The Hall–Kier alpha value is -0.600. The van der Waals surface area contributed by atoms with Crippen LogP contribution in [-0.4, -0.2) is 6.04 Å². The van der Waals surface area contributed by atoms with Gasteiger partial charge in [-0.15, -0.1) is 0 Å². The molecule has 0 aliphatic heterocycles. The number of benzene rings is 1. The second-order valence-corrected chi connectivity index (χ2v) is 5.17. The molecule has 1 aliphatic rings. The number of alkyl halides is 1. The Bertz CT molecular complexity index is 384. The molecule has 2 rings (SSSR count). The van der Waals surface area contributed by atoms with Crippen molar-refractivity contribution < 1.29 is 4.39 Å². The maximum absolute atomic E-state index is 14.7. The van der Waals surface area contributed by atoms with Gasteiger partial charge in [-0.3, -0.25) is 0 Å². The maximum atomic E-state index is 14.7. The van der Waals surface area contributed by atoms with Gasteiger partial charge in [0.05, 0.1) is 0 Å². The average Bonchev–Trinajstić information content (AvgIpc) is 2.26. The third kappa shape index (κ3) is 2.23. The van der Waals surface area contributed by atoms with Crippen LogP contribution in [0.15, 0.2) is 18.2 Å². The fourth-order valence-electron chi connectivity index (χ4n) is 2.26. The summed E-state index contributed by atoms with van der Waals surface area (Å²) >= 11 is 6.03. The third-order valence-corrected chi connectivity index (χ3v) is 3.92. The molecule has 0 bridgehead atoms. The van der Waals surface area contributed by atoms with E-state index in [0.717, 1.165) is 18.4 Å². The molecule has 1 aromatic carbocycles. The Balaban J connectivity index is 2.25. The molecule has 1 saturated carbocycles. The highest BCUT2D eigenvalue weighted by molar-refractivity contribution is 6.31. The van der Waals surface area contributed by atoms with Crippen LogP contribution in [0.25, 0.3) is 0 Å². The SMILES string of the molecule is Cc1ccc(C2(F)CCC(N)CC2)cc1Cl. The molecular formula is C13H17ClFN. The van der Waals surface area contributed by atoms with Crippen molar-refractivity contribution in [1.29, 1.82) is 0 Å². The van der Waals surface area contributed by atoms with Crippen molar-refractivity contribution in [3.63, 3.8) is 0 Å². The molecule has 0 radical (unpaired) electrons. The largest absolute Gasteiger partial charge is 0.328 e. The van der Waals surface area contributed by atoms with Gasteiger partial charge in [-0.25, -0.2) is 4.39 Å². The summed E-state index contributed by atoms with van der Waals surface area (Å²) in [4.78, 5) is 0. The fraction of sp³-hybridized carbons (Fsp3) is 0.538. The highest BCUT2D eigenvalue weighted by Crippen LogP contribution is 2.41. The van der Waals surface area contributed by atoms with Crippen LogP contribution in [-0.2, 0) is 5.67 Å². The molecule has 1 fully saturated rings. The van der Waals surface area contributed by atoms with E-state index in [1.807, 2.05) is 19.1 Å². The number of hydrogen-bond acceptors (Lipinski definition) is 1. The predicted octanol–water partition coefficient (Wildman–Crippen LogP) is 3.71. The van der Waals surface area contributed by atoms with E-state index in [0.29, 0.717) is 23.4 Å². The van der Waals surface area contributed by atoms with E-state index >= 15 is 0 Å². The predicted molar refractivity (Wildman–Crippen MR) is 65.4 cm³/mol. The molecule has 2 N–H and O–H groups in total. The van der Waals surface area contributed by atoms with Gasteiger partial charge in [-0.2, -0.15) is 0 Å². The number of aryl methyl sites for hydroxylation is 1. The van der Waals surface area contributed by atoms with Gasteiger partial charge >= 0.3 is 0 Å². The zero-order valence-electron chi connectivity index (χ0n) is 9.47. The smallest absolute Gasteiger partial charge is 0.136 e. The van der Waals surface area contributed by atoms with E-state index in [4.69, 9.17) is 17.3 Å². The Morgan fingerprint density at radius 2 is 2.00 bits per heavy atom. The summed E-state index contributed by atoms with van der Waals surface area (Å²) in [5, 5.41) is 0.643. The molecule has 0 saturated heterocycles. The first-order chi connectivity index (χ1) is 7.51. The van der Waals surface area contributed by atoms with E-state index in [9.17, 15) is 4.39 Å². The Kier molecular flexibility index (Phi) is 3.22. The zero-order chi connectivity index (χ0) is 11.8. The van der Waals surface area contributed by atoms with E-state index in [-0.39, 0.29) is 6.04 Å². The number of nitrogens with two attached hydrogens (primary N) is 1.